The zero-order valence-corrected chi connectivity index (χ0v) is 8.60. The third kappa shape index (κ3) is 3.81. The van der Waals surface area contributed by atoms with Gasteiger partial charge < -0.3 is 9.64 Å². The molecule has 0 aromatic carbocycles. The molecule has 4 heteroatoms. The number of nitrogens with zero attached hydrogens (tertiary/aromatic N) is 1. The van der Waals surface area contributed by atoms with E-state index in [1.54, 1.807) is 11.8 Å². The Morgan fingerprint density at radius 1 is 1.58 bits per heavy atom. The first-order valence-corrected chi connectivity index (χ1v) is 4.66. The van der Waals surface area contributed by atoms with Crippen molar-refractivity contribution in [3.05, 3.63) is 0 Å². The molecule has 0 unspecified atom stereocenters. The molecule has 0 aromatic heterocycles. The molecule has 1 amide bonds. The summed E-state index contributed by atoms with van der Waals surface area (Å²) in [6, 6.07) is 0.141. The van der Waals surface area contributed by atoms with E-state index in [0.717, 1.165) is 0 Å². The van der Waals surface area contributed by atoms with E-state index in [1.165, 1.54) is 0 Å². The van der Waals surface area contributed by atoms with E-state index in [1.807, 2.05) is 13.8 Å². The van der Waals surface area contributed by atoms with Gasteiger partial charge in [-0.15, -0.1) is 11.6 Å². The van der Waals surface area contributed by atoms with Crippen LogP contribution in [0.15, 0.2) is 0 Å². The molecule has 0 rings (SSSR count). The third-order valence-corrected chi connectivity index (χ3v) is 1.62. The van der Waals surface area contributed by atoms with Crippen LogP contribution >= 0.6 is 11.6 Å². The molecule has 0 radical (unpaired) electrons. The molecule has 12 heavy (non-hydrogen) atoms. The number of rotatable bonds is 4. The zero-order valence-electron chi connectivity index (χ0n) is 7.84. The van der Waals surface area contributed by atoms with E-state index in [2.05, 4.69) is 0 Å². The van der Waals surface area contributed by atoms with Crippen LogP contribution in [0, 0.1) is 0 Å². The van der Waals surface area contributed by atoms with Gasteiger partial charge in [-0.05, 0) is 20.8 Å². The highest BCUT2D eigenvalue weighted by molar-refractivity contribution is 6.18. The zero-order chi connectivity index (χ0) is 9.56. The molecule has 0 saturated carbocycles. The third-order valence-electron chi connectivity index (χ3n) is 1.45. The Balaban J connectivity index is 4.00. The second-order valence-electron chi connectivity index (χ2n) is 2.68. The highest BCUT2D eigenvalue weighted by Crippen LogP contribution is 2.01. The van der Waals surface area contributed by atoms with Crippen LogP contribution in [-0.2, 0) is 4.74 Å². The highest BCUT2D eigenvalue weighted by atomic mass is 35.5. The summed E-state index contributed by atoms with van der Waals surface area (Å²) in [7, 11) is 0. The van der Waals surface area contributed by atoms with E-state index in [0.29, 0.717) is 19.0 Å². The smallest absolute Gasteiger partial charge is 0.410 e. The maximum absolute atomic E-state index is 11.2. The summed E-state index contributed by atoms with van der Waals surface area (Å²) in [6.45, 7) is 6.60. The first kappa shape index (κ1) is 11.6. The maximum atomic E-state index is 11.2. The Labute approximate surface area is 78.6 Å². The van der Waals surface area contributed by atoms with Crippen LogP contribution in [0.4, 0.5) is 4.79 Å². The van der Waals surface area contributed by atoms with Crippen molar-refractivity contribution in [1.29, 1.82) is 0 Å². The molecular formula is C8H16ClNO2. The quantitative estimate of drug-likeness (QED) is 0.640. The summed E-state index contributed by atoms with van der Waals surface area (Å²) in [5, 5.41) is 0. The van der Waals surface area contributed by atoms with Crippen LogP contribution in [0.25, 0.3) is 0 Å². The van der Waals surface area contributed by atoms with E-state index in [4.69, 9.17) is 16.3 Å². The Morgan fingerprint density at radius 2 is 2.17 bits per heavy atom. The van der Waals surface area contributed by atoms with Crippen molar-refractivity contribution in [2.24, 2.45) is 0 Å². The summed E-state index contributed by atoms with van der Waals surface area (Å²) >= 11 is 5.54. The number of ether oxygens (including phenoxy) is 1. The van der Waals surface area contributed by atoms with E-state index >= 15 is 0 Å². The Bertz CT molecular complexity index is 139. The van der Waals surface area contributed by atoms with Gasteiger partial charge in [0.05, 0.1) is 6.61 Å². The molecule has 0 fully saturated rings. The van der Waals surface area contributed by atoms with Crippen LogP contribution in [0.3, 0.4) is 0 Å². The normalized spacial score (nSPS) is 10.1. The van der Waals surface area contributed by atoms with Gasteiger partial charge in [-0.2, -0.15) is 0 Å². The largest absolute Gasteiger partial charge is 0.450 e. The molecule has 0 aliphatic carbocycles. The van der Waals surface area contributed by atoms with Crippen LogP contribution in [0.2, 0.25) is 0 Å². The maximum Gasteiger partial charge on any atom is 0.410 e. The number of alkyl halides is 1. The molecule has 0 N–H and O–H groups in total. The van der Waals surface area contributed by atoms with Crippen LogP contribution in [0.1, 0.15) is 20.8 Å². The first-order chi connectivity index (χ1) is 5.63. The number of hydrogen-bond acceptors (Lipinski definition) is 2. The number of carbonyl (C=O) groups excluding carboxylic acids is 1. The first-order valence-electron chi connectivity index (χ1n) is 4.12. The second kappa shape index (κ2) is 6.12. The lowest BCUT2D eigenvalue weighted by molar-refractivity contribution is 0.0988. The number of carbonyl (C=O) groups is 1. The minimum atomic E-state index is -0.284. The average Bonchev–Trinajstić information content (AvgIpc) is 1.99. The molecule has 0 saturated heterocycles. The predicted molar refractivity (Wildman–Crippen MR) is 49.6 cm³/mol. The molecule has 0 atom stereocenters. The van der Waals surface area contributed by atoms with Crippen LogP contribution in [0.5, 0.6) is 0 Å². The van der Waals surface area contributed by atoms with Crippen molar-refractivity contribution in [3.63, 3.8) is 0 Å². The van der Waals surface area contributed by atoms with Crippen molar-refractivity contribution >= 4 is 17.7 Å². The Kier molecular flexibility index (Phi) is 5.89. The standard InChI is InChI=1S/C8H16ClNO2/c1-4-12-8(11)10(6-5-9)7(2)3/h7H,4-6H2,1-3H3. The second-order valence-corrected chi connectivity index (χ2v) is 3.05. The van der Waals surface area contributed by atoms with E-state index < -0.39 is 0 Å². The summed E-state index contributed by atoms with van der Waals surface area (Å²) < 4.78 is 4.85. The van der Waals surface area contributed by atoms with Crippen molar-refractivity contribution in [2.45, 2.75) is 26.8 Å². The van der Waals surface area contributed by atoms with Gasteiger partial charge in [0, 0.05) is 18.5 Å². The number of halogens is 1. The van der Waals surface area contributed by atoms with Crippen LogP contribution in [-0.4, -0.2) is 36.1 Å². The molecule has 0 spiro atoms. The van der Waals surface area contributed by atoms with Gasteiger partial charge in [-0.3, -0.25) is 0 Å². The molecule has 0 aromatic rings. The SMILES string of the molecule is CCOC(=O)N(CCCl)C(C)C. The number of hydrogen-bond donors (Lipinski definition) is 0. The summed E-state index contributed by atoms with van der Waals surface area (Å²) in [5.41, 5.74) is 0. The lowest BCUT2D eigenvalue weighted by atomic mass is 10.3. The topological polar surface area (TPSA) is 29.5 Å². The van der Waals surface area contributed by atoms with Gasteiger partial charge in [0.2, 0.25) is 0 Å². The fourth-order valence-corrected chi connectivity index (χ4v) is 1.04. The monoisotopic (exact) mass is 193 g/mol. The van der Waals surface area contributed by atoms with Gasteiger partial charge >= 0.3 is 6.09 Å². The Hall–Kier alpha value is -0.440. The lowest BCUT2D eigenvalue weighted by Gasteiger charge is -2.24. The van der Waals surface area contributed by atoms with Gasteiger partial charge in [-0.25, -0.2) is 4.79 Å². The summed E-state index contributed by atoms with van der Waals surface area (Å²) in [4.78, 5) is 12.8. The van der Waals surface area contributed by atoms with Crippen molar-refractivity contribution in [1.82, 2.24) is 4.90 Å². The predicted octanol–water partition coefficient (Wildman–Crippen LogP) is 2.09. The van der Waals surface area contributed by atoms with E-state index in [9.17, 15) is 4.79 Å². The van der Waals surface area contributed by atoms with Gasteiger partial charge in [0.15, 0.2) is 0 Å². The van der Waals surface area contributed by atoms with Crippen molar-refractivity contribution < 1.29 is 9.53 Å². The molecule has 0 heterocycles. The minimum absolute atomic E-state index is 0.141. The molecular weight excluding hydrogens is 178 g/mol. The molecule has 3 nitrogen and oxygen atoms in total. The molecule has 0 aliphatic heterocycles. The summed E-state index contributed by atoms with van der Waals surface area (Å²) in [5.74, 6) is 0.441. The van der Waals surface area contributed by atoms with Crippen molar-refractivity contribution in [2.75, 3.05) is 19.0 Å². The minimum Gasteiger partial charge on any atom is -0.450 e. The van der Waals surface area contributed by atoms with Gasteiger partial charge in [0.25, 0.3) is 0 Å². The number of amides is 1. The van der Waals surface area contributed by atoms with Gasteiger partial charge in [0.1, 0.15) is 0 Å². The fraction of sp³-hybridized carbons (Fsp3) is 0.875. The molecule has 0 aliphatic rings. The Morgan fingerprint density at radius 3 is 2.50 bits per heavy atom. The summed E-state index contributed by atoms with van der Waals surface area (Å²) in [6.07, 6.45) is -0.284. The highest BCUT2D eigenvalue weighted by Gasteiger charge is 2.16. The average molecular weight is 194 g/mol. The van der Waals surface area contributed by atoms with Crippen molar-refractivity contribution in [3.8, 4) is 0 Å². The lowest BCUT2D eigenvalue weighted by Crippen LogP contribution is -2.38. The van der Waals surface area contributed by atoms with E-state index in [-0.39, 0.29) is 12.1 Å². The molecule has 0 bridgehead atoms. The fourth-order valence-electron chi connectivity index (χ4n) is 0.858. The molecule has 72 valence electrons. The van der Waals surface area contributed by atoms with Crippen LogP contribution < -0.4 is 0 Å². The van der Waals surface area contributed by atoms with Gasteiger partial charge in [-0.1, -0.05) is 0 Å².